The van der Waals surface area contributed by atoms with E-state index in [9.17, 15) is 0 Å². The summed E-state index contributed by atoms with van der Waals surface area (Å²) >= 11 is 1.49. The third-order valence-corrected chi connectivity index (χ3v) is 5.27. The van der Waals surface area contributed by atoms with Gasteiger partial charge >= 0.3 is 0 Å². The summed E-state index contributed by atoms with van der Waals surface area (Å²) in [6.07, 6.45) is 0. The van der Waals surface area contributed by atoms with Crippen LogP contribution in [0.2, 0.25) is 0 Å². The molecule has 1 heterocycles. The quantitative estimate of drug-likeness (QED) is 0.416. The standard InChI is InChI=1S/C23H17N3OS/c24-15-17-11-13-18(14-12-17)16-28-23-26-25-22(27-23)21(19-7-3-1-4-8-19)20-9-5-2-6-10-20/h1-14,21H,16H2. The largest absolute Gasteiger partial charge is 0.415 e. The third-order valence-electron chi connectivity index (χ3n) is 4.38. The molecule has 0 atom stereocenters. The summed E-state index contributed by atoms with van der Waals surface area (Å²) in [5.41, 5.74) is 3.98. The summed E-state index contributed by atoms with van der Waals surface area (Å²) in [4.78, 5) is 0. The van der Waals surface area contributed by atoms with Gasteiger partial charge < -0.3 is 4.42 Å². The molecular formula is C23H17N3OS. The van der Waals surface area contributed by atoms with E-state index >= 15 is 0 Å². The maximum atomic E-state index is 8.89. The van der Waals surface area contributed by atoms with E-state index in [1.807, 2.05) is 60.7 Å². The van der Waals surface area contributed by atoms with Crippen molar-refractivity contribution in [3.05, 3.63) is 113 Å². The van der Waals surface area contributed by atoms with Crippen molar-refractivity contribution in [1.29, 1.82) is 5.26 Å². The van der Waals surface area contributed by atoms with E-state index < -0.39 is 0 Å². The van der Waals surface area contributed by atoms with Crippen LogP contribution in [-0.2, 0) is 5.75 Å². The number of nitriles is 1. The van der Waals surface area contributed by atoms with Gasteiger partial charge in [0.15, 0.2) is 0 Å². The van der Waals surface area contributed by atoms with Gasteiger partial charge in [-0.25, -0.2) is 0 Å². The number of nitrogens with zero attached hydrogens (tertiary/aromatic N) is 3. The molecule has 0 fully saturated rings. The Kier molecular flexibility index (Phi) is 5.51. The Bertz CT molecular complexity index is 1030. The molecule has 0 radical (unpaired) electrons. The molecule has 5 heteroatoms. The minimum Gasteiger partial charge on any atom is -0.415 e. The molecule has 28 heavy (non-hydrogen) atoms. The molecule has 0 N–H and O–H groups in total. The summed E-state index contributed by atoms with van der Waals surface area (Å²) in [6.45, 7) is 0. The third kappa shape index (κ3) is 4.13. The monoisotopic (exact) mass is 383 g/mol. The van der Waals surface area contributed by atoms with Crippen LogP contribution in [0, 0.1) is 11.3 Å². The van der Waals surface area contributed by atoms with Crippen molar-refractivity contribution in [2.24, 2.45) is 0 Å². The van der Waals surface area contributed by atoms with Crippen LogP contribution < -0.4 is 0 Å². The molecule has 4 nitrogen and oxygen atoms in total. The Balaban J connectivity index is 1.55. The topological polar surface area (TPSA) is 62.7 Å². The van der Waals surface area contributed by atoms with Crippen molar-refractivity contribution < 1.29 is 4.42 Å². The predicted octanol–water partition coefficient (Wildman–Crippen LogP) is 5.41. The Morgan fingerprint density at radius 1 is 0.821 bits per heavy atom. The van der Waals surface area contributed by atoms with Gasteiger partial charge in [0.25, 0.3) is 5.22 Å². The molecule has 0 saturated heterocycles. The fourth-order valence-corrected chi connectivity index (χ4v) is 3.71. The van der Waals surface area contributed by atoms with Crippen LogP contribution >= 0.6 is 11.8 Å². The van der Waals surface area contributed by atoms with Crippen molar-refractivity contribution in [1.82, 2.24) is 10.2 Å². The first kappa shape index (κ1) is 18.0. The summed E-state index contributed by atoms with van der Waals surface area (Å²) < 4.78 is 6.01. The van der Waals surface area contributed by atoms with E-state index in [2.05, 4.69) is 40.5 Å². The molecule has 4 rings (SSSR count). The van der Waals surface area contributed by atoms with Crippen LogP contribution in [0.15, 0.2) is 94.6 Å². The molecule has 1 aromatic heterocycles. The van der Waals surface area contributed by atoms with Gasteiger partial charge in [-0.1, -0.05) is 84.6 Å². The summed E-state index contributed by atoms with van der Waals surface area (Å²) in [5, 5.41) is 18.0. The molecule has 0 amide bonds. The van der Waals surface area contributed by atoms with Crippen molar-refractivity contribution in [3.63, 3.8) is 0 Å². The van der Waals surface area contributed by atoms with Crippen LogP contribution in [0.25, 0.3) is 0 Å². The van der Waals surface area contributed by atoms with Gasteiger partial charge in [-0.3, -0.25) is 0 Å². The molecule has 3 aromatic carbocycles. The van der Waals surface area contributed by atoms with Gasteiger partial charge in [0.2, 0.25) is 5.89 Å². The van der Waals surface area contributed by atoms with Crippen molar-refractivity contribution in [2.75, 3.05) is 0 Å². The lowest BCUT2D eigenvalue weighted by molar-refractivity contribution is 0.409. The molecule has 0 aliphatic rings. The summed E-state index contributed by atoms with van der Waals surface area (Å²) in [5.74, 6) is 1.19. The van der Waals surface area contributed by atoms with Gasteiger partial charge in [-0.2, -0.15) is 5.26 Å². The van der Waals surface area contributed by atoms with Crippen molar-refractivity contribution in [3.8, 4) is 6.07 Å². The zero-order valence-electron chi connectivity index (χ0n) is 15.0. The first-order valence-electron chi connectivity index (χ1n) is 8.88. The highest BCUT2D eigenvalue weighted by Crippen LogP contribution is 2.32. The van der Waals surface area contributed by atoms with E-state index in [4.69, 9.17) is 9.68 Å². The summed E-state index contributed by atoms with van der Waals surface area (Å²) in [7, 11) is 0. The molecule has 4 aromatic rings. The molecule has 136 valence electrons. The first-order chi connectivity index (χ1) is 13.8. The Morgan fingerprint density at radius 3 is 2.00 bits per heavy atom. The van der Waals surface area contributed by atoms with Crippen molar-refractivity contribution >= 4 is 11.8 Å². The van der Waals surface area contributed by atoms with E-state index in [1.54, 1.807) is 0 Å². The minimum atomic E-state index is -0.0980. The molecule has 0 aliphatic heterocycles. The second-order valence-corrected chi connectivity index (χ2v) is 7.18. The average molecular weight is 383 g/mol. The summed E-state index contributed by atoms with van der Waals surface area (Å²) in [6, 6.07) is 30.0. The molecule has 0 unspecified atom stereocenters. The fourth-order valence-electron chi connectivity index (χ4n) is 2.98. The molecule has 0 saturated carbocycles. The van der Waals surface area contributed by atoms with Gasteiger partial charge in [0, 0.05) is 5.75 Å². The van der Waals surface area contributed by atoms with E-state index in [-0.39, 0.29) is 5.92 Å². The number of benzene rings is 3. The second-order valence-electron chi connectivity index (χ2n) is 6.26. The second kappa shape index (κ2) is 8.55. The van der Waals surface area contributed by atoms with Crippen LogP contribution in [0.4, 0.5) is 0 Å². The minimum absolute atomic E-state index is 0.0980. The molecule has 0 aliphatic carbocycles. The number of hydrogen-bond donors (Lipinski definition) is 0. The SMILES string of the molecule is N#Cc1ccc(CSc2nnc(C(c3ccccc3)c3ccccc3)o2)cc1. The lowest BCUT2D eigenvalue weighted by atomic mass is 9.91. The lowest BCUT2D eigenvalue weighted by Gasteiger charge is -2.13. The van der Waals surface area contributed by atoms with Crippen LogP contribution in [-0.4, -0.2) is 10.2 Å². The van der Waals surface area contributed by atoms with E-state index in [0.717, 1.165) is 16.7 Å². The van der Waals surface area contributed by atoms with E-state index in [1.165, 1.54) is 11.8 Å². The Morgan fingerprint density at radius 2 is 1.43 bits per heavy atom. The number of hydrogen-bond acceptors (Lipinski definition) is 5. The lowest BCUT2D eigenvalue weighted by Crippen LogP contribution is -2.03. The first-order valence-corrected chi connectivity index (χ1v) is 9.87. The van der Waals surface area contributed by atoms with Crippen LogP contribution in [0.3, 0.4) is 0 Å². The van der Waals surface area contributed by atoms with Gasteiger partial charge in [0.1, 0.15) is 0 Å². The molecular weight excluding hydrogens is 366 g/mol. The van der Waals surface area contributed by atoms with Gasteiger partial charge in [0.05, 0.1) is 17.6 Å². The van der Waals surface area contributed by atoms with Crippen LogP contribution in [0.5, 0.6) is 0 Å². The Hall–Kier alpha value is -3.36. The molecule has 0 bridgehead atoms. The highest BCUT2D eigenvalue weighted by atomic mass is 32.2. The van der Waals surface area contributed by atoms with E-state index in [0.29, 0.717) is 22.4 Å². The number of thioether (sulfide) groups is 1. The van der Waals surface area contributed by atoms with Gasteiger partial charge in [-0.05, 0) is 28.8 Å². The number of rotatable bonds is 6. The normalized spacial score (nSPS) is 10.7. The van der Waals surface area contributed by atoms with Gasteiger partial charge in [-0.15, -0.1) is 10.2 Å². The smallest absolute Gasteiger partial charge is 0.276 e. The fraction of sp³-hybridized carbons (Fsp3) is 0.0870. The number of aromatic nitrogens is 2. The average Bonchev–Trinajstić information content (AvgIpc) is 3.23. The maximum absolute atomic E-state index is 8.89. The highest BCUT2D eigenvalue weighted by Gasteiger charge is 2.22. The molecule has 0 spiro atoms. The maximum Gasteiger partial charge on any atom is 0.276 e. The Labute approximate surface area is 167 Å². The predicted molar refractivity (Wildman–Crippen MR) is 109 cm³/mol. The highest BCUT2D eigenvalue weighted by molar-refractivity contribution is 7.98. The zero-order chi connectivity index (χ0) is 19.2. The zero-order valence-corrected chi connectivity index (χ0v) is 15.8. The van der Waals surface area contributed by atoms with Crippen molar-refractivity contribution in [2.45, 2.75) is 16.9 Å². The van der Waals surface area contributed by atoms with Crippen LogP contribution in [0.1, 0.15) is 34.1 Å².